The standard InChI is InChI=1S/C19H40N2/c1-9-20-18-11-10-16(14(2)3)12-17(18)13-21(8)15(4)19(5,6)7/h14-18,20H,9-13H2,1-8H3. The molecule has 0 bridgehead atoms. The van der Waals surface area contributed by atoms with E-state index in [0.717, 1.165) is 30.3 Å². The average Bonchev–Trinajstić information content (AvgIpc) is 2.38. The van der Waals surface area contributed by atoms with Gasteiger partial charge in [-0.25, -0.2) is 0 Å². The van der Waals surface area contributed by atoms with Gasteiger partial charge in [0.25, 0.3) is 0 Å². The summed E-state index contributed by atoms with van der Waals surface area (Å²) in [4.78, 5) is 2.59. The van der Waals surface area contributed by atoms with E-state index in [0.29, 0.717) is 11.5 Å². The lowest BCUT2D eigenvalue weighted by molar-refractivity contribution is 0.0815. The second kappa shape index (κ2) is 7.97. The third-order valence-corrected chi connectivity index (χ3v) is 5.87. The fraction of sp³-hybridized carbons (Fsp3) is 1.00. The van der Waals surface area contributed by atoms with E-state index in [-0.39, 0.29) is 0 Å². The van der Waals surface area contributed by atoms with Gasteiger partial charge in [-0.2, -0.15) is 0 Å². The van der Waals surface area contributed by atoms with Gasteiger partial charge in [0, 0.05) is 18.6 Å². The van der Waals surface area contributed by atoms with E-state index in [4.69, 9.17) is 0 Å². The molecule has 1 fully saturated rings. The molecule has 4 atom stereocenters. The number of hydrogen-bond donors (Lipinski definition) is 1. The Balaban J connectivity index is 2.69. The zero-order valence-electron chi connectivity index (χ0n) is 15.9. The van der Waals surface area contributed by atoms with E-state index >= 15 is 0 Å². The maximum atomic E-state index is 3.75. The van der Waals surface area contributed by atoms with E-state index < -0.39 is 0 Å². The van der Waals surface area contributed by atoms with Crippen molar-refractivity contribution in [2.75, 3.05) is 20.1 Å². The van der Waals surface area contributed by atoms with Crippen molar-refractivity contribution >= 4 is 0 Å². The van der Waals surface area contributed by atoms with Crippen LogP contribution in [0.5, 0.6) is 0 Å². The molecule has 1 rings (SSSR count). The molecular weight excluding hydrogens is 256 g/mol. The highest BCUT2D eigenvalue weighted by molar-refractivity contribution is 4.89. The van der Waals surface area contributed by atoms with Crippen LogP contribution in [0.3, 0.4) is 0 Å². The van der Waals surface area contributed by atoms with Crippen molar-refractivity contribution in [2.45, 2.75) is 79.8 Å². The van der Waals surface area contributed by atoms with Gasteiger partial charge < -0.3 is 10.2 Å². The van der Waals surface area contributed by atoms with Gasteiger partial charge in [-0.15, -0.1) is 0 Å². The fourth-order valence-corrected chi connectivity index (χ4v) is 3.83. The second-order valence-electron chi connectivity index (χ2n) is 8.72. The van der Waals surface area contributed by atoms with Crippen LogP contribution in [-0.4, -0.2) is 37.1 Å². The van der Waals surface area contributed by atoms with Crippen LogP contribution in [0.4, 0.5) is 0 Å². The van der Waals surface area contributed by atoms with Gasteiger partial charge in [-0.05, 0) is 62.9 Å². The molecule has 0 spiro atoms. The van der Waals surface area contributed by atoms with Crippen LogP contribution < -0.4 is 5.32 Å². The molecule has 0 aromatic rings. The van der Waals surface area contributed by atoms with Crippen LogP contribution in [-0.2, 0) is 0 Å². The Morgan fingerprint density at radius 3 is 2.24 bits per heavy atom. The SMILES string of the molecule is CCNC1CCC(C(C)C)CC1CN(C)C(C)C(C)(C)C. The quantitative estimate of drug-likeness (QED) is 0.781. The highest BCUT2D eigenvalue weighted by atomic mass is 15.1. The maximum absolute atomic E-state index is 3.75. The van der Waals surface area contributed by atoms with Gasteiger partial charge in [-0.3, -0.25) is 0 Å². The molecule has 0 aliphatic heterocycles. The molecule has 1 saturated carbocycles. The third-order valence-electron chi connectivity index (χ3n) is 5.87. The molecule has 0 aromatic heterocycles. The summed E-state index contributed by atoms with van der Waals surface area (Å²) in [5, 5.41) is 3.75. The van der Waals surface area contributed by atoms with E-state index in [1.807, 2.05) is 0 Å². The first kappa shape index (κ1) is 19.0. The van der Waals surface area contributed by atoms with E-state index in [1.54, 1.807) is 0 Å². The van der Waals surface area contributed by atoms with Crippen molar-refractivity contribution < 1.29 is 0 Å². The minimum absolute atomic E-state index is 0.356. The second-order valence-corrected chi connectivity index (χ2v) is 8.72. The lowest BCUT2D eigenvalue weighted by Gasteiger charge is -2.43. The van der Waals surface area contributed by atoms with Gasteiger partial charge >= 0.3 is 0 Å². The summed E-state index contributed by atoms with van der Waals surface area (Å²) in [6.07, 6.45) is 4.17. The Bertz CT molecular complexity index is 292. The smallest absolute Gasteiger partial charge is 0.0112 e. The number of hydrogen-bond acceptors (Lipinski definition) is 2. The molecule has 0 amide bonds. The highest BCUT2D eigenvalue weighted by Gasteiger charge is 2.33. The van der Waals surface area contributed by atoms with Crippen molar-refractivity contribution in [3.63, 3.8) is 0 Å². The van der Waals surface area contributed by atoms with E-state index in [2.05, 4.69) is 65.7 Å². The Morgan fingerprint density at radius 1 is 1.14 bits per heavy atom. The van der Waals surface area contributed by atoms with Crippen LogP contribution in [0.1, 0.15) is 67.7 Å². The summed E-state index contributed by atoms with van der Waals surface area (Å²) in [6.45, 7) is 18.8. The van der Waals surface area contributed by atoms with Gasteiger partial charge in [0.2, 0.25) is 0 Å². The summed E-state index contributed by atoms with van der Waals surface area (Å²) >= 11 is 0. The predicted molar refractivity (Wildman–Crippen MR) is 94.7 cm³/mol. The van der Waals surface area contributed by atoms with Crippen molar-refractivity contribution in [1.29, 1.82) is 0 Å². The Labute approximate surface area is 134 Å². The molecule has 2 heteroatoms. The van der Waals surface area contributed by atoms with Gasteiger partial charge in [-0.1, -0.05) is 41.5 Å². The van der Waals surface area contributed by atoms with Crippen molar-refractivity contribution in [1.82, 2.24) is 10.2 Å². The molecule has 2 nitrogen and oxygen atoms in total. The summed E-state index contributed by atoms with van der Waals surface area (Å²) in [5.41, 5.74) is 0.356. The molecule has 0 saturated heterocycles. The average molecular weight is 297 g/mol. The van der Waals surface area contributed by atoms with Crippen molar-refractivity contribution in [2.24, 2.45) is 23.2 Å². The van der Waals surface area contributed by atoms with Crippen molar-refractivity contribution in [3.8, 4) is 0 Å². The highest BCUT2D eigenvalue weighted by Crippen LogP contribution is 2.35. The molecule has 1 N–H and O–H groups in total. The normalized spacial score (nSPS) is 29.1. The van der Waals surface area contributed by atoms with Crippen molar-refractivity contribution in [3.05, 3.63) is 0 Å². The summed E-state index contributed by atoms with van der Waals surface area (Å²) in [7, 11) is 2.32. The minimum Gasteiger partial charge on any atom is -0.314 e. The Kier molecular flexibility index (Phi) is 7.19. The minimum atomic E-state index is 0.356. The van der Waals surface area contributed by atoms with Crippen LogP contribution in [0.15, 0.2) is 0 Å². The first-order chi connectivity index (χ1) is 9.66. The molecule has 0 aromatic carbocycles. The lowest BCUT2D eigenvalue weighted by Crippen LogP contribution is -2.49. The van der Waals surface area contributed by atoms with Gasteiger partial charge in [0.05, 0.1) is 0 Å². The predicted octanol–water partition coefficient (Wildman–Crippen LogP) is 4.40. The van der Waals surface area contributed by atoms with Crippen LogP contribution >= 0.6 is 0 Å². The Hall–Kier alpha value is -0.0800. The topological polar surface area (TPSA) is 15.3 Å². The first-order valence-electron chi connectivity index (χ1n) is 9.10. The van der Waals surface area contributed by atoms with E-state index in [9.17, 15) is 0 Å². The third kappa shape index (κ3) is 5.56. The molecule has 21 heavy (non-hydrogen) atoms. The molecular formula is C19H40N2. The molecule has 1 aliphatic rings. The molecule has 1 aliphatic carbocycles. The first-order valence-corrected chi connectivity index (χ1v) is 9.10. The van der Waals surface area contributed by atoms with Crippen LogP contribution in [0, 0.1) is 23.2 Å². The summed E-state index contributed by atoms with van der Waals surface area (Å²) in [5.74, 6) is 2.56. The molecule has 0 heterocycles. The summed E-state index contributed by atoms with van der Waals surface area (Å²) in [6, 6.07) is 1.35. The van der Waals surface area contributed by atoms with Gasteiger partial charge in [0.15, 0.2) is 0 Å². The van der Waals surface area contributed by atoms with E-state index in [1.165, 1.54) is 25.8 Å². The zero-order valence-corrected chi connectivity index (χ0v) is 15.9. The van der Waals surface area contributed by atoms with Crippen LogP contribution in [0.2, 0.25) is 0 Å². The number of rotatable bonds is 6. The molecule has 0 radical (unpaired) electrons. The number of nitrogens with one attached hydrogen (secondary N) is 1. The summed E-state index contributed by atoms with van der Waals surface area (Å²) < 4.78 is 0. The molecule has 4 unspecified atom stereocenters. The fourth-order valence-electron chi connectivity index (χ4n) is 3.83. The number of nitrogens with zero attached hydrogens (tertiary/aromatic N) is 1. The zero-order chi connectivity index (χ0) is 16.2. The van der Waals surface area contributed by atoms with Crippen LogP contribution in [0.25, 0.3) is 0 Å². The largest absolute Gasteiger partial charge is 0.314 e. The molecule has 126 valence electrons. The maximum Gasteiger partial charge on any atom is 0.0112 e. The lowest BCUT2D eigenvalue weighted by atomic mass is 9.73. The van der Waals surface area contributed by atoms with Gasteiger partial charge in [0.1, 0.15) is 0 Å². The Morgan fingerprint density at radius 2 is 1.76 bits per heavy atom. The monoisotopic (exact) mass is 296 g/mol.